The van der Waals surface area contributed by atoms with Gasteiger partial charge in [0.2, 0.25) is 0 Å². The van der Waals surface area contributed by atoms with Crippen molar-refractivity contribution < 1.29 is 22.8 Å². The van der Waals surface area contributed by atoms with Crippen LogP contribution in [0.5, 0.6) is 0 Å². The molecule has 0 atom stereocenters. The number of carbonyl (C=O) groups is 1. The SMILES string of the molecule is CC1CC(C#N)(C(=O)NOCC(F)(F)F)C1. The summed E-state index contributed by atoms with van der Waals surface area (Å²) in [4.78, 5) is 15.4. The van der Waals surface area contributed by atoms with Crippen LogP contribution in [-0.2, 0) is 9.63 Å². The van der Waals surface area contributed by atoms with Crippen LogP contribution in [-0.4, -0.2) is 18.7 Å². The Morgan fingerprint density at radius 3 is 2.56 bits per heavy atom. The third-order valence-corrected chi connectivity index (χ3v) is 2.44. The maximum atomic E-state index is 11.7. The maximum Gasteiger partial charge on any atom is 0.414 e. The highest BCUT2D eigenvalue weighted by Gasteiger charge is 2.49. The van der Waals surface area contributed by atoms with Gasteiger partial charge in [-0.3, -0.25) is 9.63 Å². The van der Waals surface area contributed by atoms with E-state index in [1.807, 2.05) is 13.0 Å². The van der Waals surface area contributed by atoms with Crippen LogP contribution >= 0.6 is 0 Å². The minimum atomic E-state index is -4.50. The molecule has 0 aliphatic heterocycles. The Kier molecular flexibility index (Phi) is 3.43. The third kappa shape index (κ3) is 2.85. The minimum absolute atomic E-state index is 0.230. The number of rotatable bonds is 3. The molecule has 0 radical (unpaired) electrons. The highest BCUT2D eigenvalue weighted by atomic mass is 19.4. The predicted octanol–water partition coefficient (Wildman–Crippen LogP) is 1.54. The van der Waals surface area contributed by atoms with Crippen molar-refractivity contribution >= 4 is 5.91 Å². The van der Waals surface area contributed by atoms with Gasteiger partial charge in [0.05, 0.1) is 6.07 Å². The van der Waals surface area contributed by atoms with Gasteiger partial charge >= 0.3 is 6.18 Å². The fourth-order valence-corrected chi connectivity index (χ4v) is 1.74. The summed E-state index contributed by atoms with van der Waals surface area (Å²) in [6.45, 7) is 0.301. The van der Waals surface area contributed by atoms with E-state index in [1.165, 1.54) is 0 Å². The molecule has 0 aromatic carbocycles. The van der Waals surface area contributed by atoms with E-state index in [2.05, 4.69) is 4.84 Å². The molecular weight excluding hydrogens is 225 g/mol. The molecule has 0 unspecified atom stereocenters. The van der Waals surface area contributed by atoms with Crippen LogP contribution in [0.25, 0.3) is 0 Å². The largest absolute Gasteiger partial charge is 0.414 e. The zero-order valence-corrected chi connectivity index (χ0v) is 8.60. The fraction of sp³-hybridized carbons (Fsp3) is 0.778. The monoisotopic (exact) mass is 236 g/mol. The van der Waals surface area contributed by atoms with Gasteiger partial charge in [-0.1, -0.05) is 6.92 Å². The van der Waals surface area contributed by atoms with Gasteiger partial charge in [-0.15, -0.1) is 0 Å². The van der Waals surface area contributed by atoms with Gasteiger partial charge < -0.3 is 0 Å². The van der Waals surface area contributed by atoms with Crippen LogP contribution in [0, 0.1) is 22.7 Å². The Labute approximate surface area is 90.3 Å². The topological polar surface area (TPSA) is 62.1 Å². The molecular formula is C9H11F3N2O2. The van der Waals surface area contributed by atoms with Crippen molar-refractivity contribution in [3.05, 3.63) is 0 Å². The van der Waals surface area contributed by atoms with Gasteiger partial charge in [0.15, 0.2) is 6.61 Å². The Morgan fingerprint density at radius 1 is 1.62 bits per heavy atom. The lowest BCUT2D eigenvalue weighted by atomic mass is 9.63. The lowest BCUT2D eigenvalue weighted by Crippen LogP contribution is -2.48. The number of alkyl halides is 3. The number of nitriles is 1. The van der Waals surface area contributed by atoms with E-state index in [9.17, 15) is 18.0 Å². The average Bonchev–Trinajstić information content (AvgIpc) is 2.10. The number of amides is 1. The van der Waals surface area contributed by atoms with E-state index in [4.69, 9.17) is 5.26 Å². The molecule has 1 amide bonds. The molecule has 1 rings (SSSR count). The highest BCUT2D eigenvalue weighted by molar-refractivity contribution is 5.85. The second-order valence-electron chi connectivity index (χ2n) is 4.04. The second kappa shape index (κ2) is 4.29. The molecule has 7 heteroatoms. The Hall–Kier alpha value is -1.29. The van der Waals surface area contributed by atoms with Crippen LogP contribution < -0.4 is 5.48 Å². The molecule has 0 saturated heterocycles. The molecule has 0 spiro atoms. The summed E-state index contributed by atoms with van der Waals surface area (Å²) in [7, 11) is 0. The maximum absolute atomic E-state index is 11.7. The number of hydroxylamine groups is 1. The zero-order valence-electron chi connectivity index (χ0n) is 8.60. The van der Waals surface area contributed by atoms with E-state index in [1.54, 1.807) is 5.48 Å². The van der Waals surface area contributed by atoms with E-state index in [0.717, 1.165) is 0 Å². The van der Waals surface area contributed by atoms with Crippen LogP contribution in [0.1, 0.15) is 19.8 Å². The van der Waals surface area contributed by atoms with Gasteiger partial charge in [0, 0.05) is 0 Å². The summed E-state index contributed by atoms with van der Waals surface area (Å²) in [6, 6.07) is 1.82. The van der Waals surface area contributed by atoms with Crippen LogP contribution in [0.3, 0.4) is 0 Å². The van der Waals surface area contributed by atoms with Crippen molar-refractivity contribution in [1.82, 2.24) is 5.48 Å². The van der Waals surface area contributed by atoms with Gasteiger partial charge in [0.25, 0.3) is 5.91 Å². The fourth-order valence-electron chi connectivity index (χ4n) is 1.74. The molecule has 1 aliphatic carbocycles. The number of carbonyl (C=O) groups excluding carboxylic acids is 1. The first-order valence-electron chi connectivity index (χ1n) is 4.69. The van der Waals surface area contributed by atoms with Crippen LogP contribution in [0.4, 0.5) is 13.2 Å². The first kappa shape index (κ1) is 12.8. The Morgan fingerprint density at radius 2 is 2.19 bits per heavy atom. The summed E-state index contributed by atoms with van der Waals surface area (Å²) in [5, 5.41) is 8.80. The normalized spacial score (nSPS) is 29.1. The van der Waals surface area contributed by atoms with E-state index in [0.29, 0.717) is 12.8 Å². The molecule has 1 saturated carbocycles. The number of halogens is 3. The molecule has 0 aromatic rings. The standard InChI is InChI=1S/C9H11F3N2O2/c1-6-2-8(3-6,4-13)7(15)14-16-5-9(10,11)12/h6H,2-3,5H2,1H3,(H,14,15). The van der Waals surface area contributed by atoms with Gasteiger partial charge in [0.1, 0.15) is 5.41 Å². The molecule has 90 valence electrons. The lowest BCUT2D eigenvalue weighted by molar-refractivity contribution is -0.195. The van der Waals surface area contributed by atoms with Gasteiger partial charge in [-0.2, -0.15) is 18.4 Å². The molecule has 16 heavy (non-hydrogen) atoms. The van der Waals surface area contributed by atoms with E-state index < -0.39 is 24.1 Å². The zero-order chi connectivity index (χ0) is 12.4. The summed E-state index contributed by atoms with van der Waals surface area (Å²) < 4.78 is 35.1. The molecule has 0 bridgehead atoms. The number of nitrogens with one attached hydrogen (secondary N) is 1. The van der Waals surface area contributed by atoms with Crippen molar-refractivity contribution in [3.63, 3.8) is 0 Å². The Bertz CT molecular complexity index is 316. The molecule has 1 fully saturated rings. The average molecular weight is 236 g/mol. The summed E-state index contributed by atoms with van der Waals surface area (Å²) in [5.41, 5.74) is 0.455. The second-order valence-corrected chi connectivity index (χ2v) is 4.04. The first-order chi connectivity index (χ1) is 7.29. The van der Waals surface area contributed by atoms with E-state index >= 15 is 0 Å². The Balaban J connectivity index is 2.39. The molecule has 1 aliphatic rings. The van der Waals surface area contributed by atoms with Crippen molar-refractivity contribution in [3.8, 4) is 6.07 Å². The first-order valence-corrected chi connectivity index (χ1v) is 4.69. The van der Waals surface area contributed by atoms with Crippen molar-refractivity contribution in [2.45, 2.75) is 25.9 Å². The van der Waals surface area contributed by atoms with Crippen molar-refractivity contribution in [2.24, 2.45) is 11.3 Å². The summed E-state index contributed by atoms with van der Waals surface area (Å²) in [6.07, 6.45) is -3.80. The predicted molar refractivity (Wildman–Crippen MR) is 46.6 cm³/mol. The van der Waals surface area contributed by atoms with Crippen LogP contribution in [0.15, 0.2) is 0 Å². The molecule has 0 heterocycles. The molecule has 4 nitrogen and oxygen atoms in total. The number of hydrogen-bond acceptors (Lipinski definition) is 3. The third-order valence-electron chi connectivity index (χ3n) is 2.44. The van der Waals surface area contributed by atoms with Gasteiger partial charge in [-0.25, -0.2) is 5.48 Å². The summed E-state index contributed by atoms with van der Waals surface area (Å²) >= 11 is 0. The number of nitrogens with zero attached hydrogens (tertiary/aromatic N) is 1. The quantitative estimate of drug-likeness (QED) is 0.756. The van der Waals surface area contributed by atoms with Crippen molar-refractivity contribution in [2.75, 3.05) is 6.61 Å². The van der Waals surface area contributed by atoms with Crippen molar-refractivity contribution in [1.29, 1.82) is 5.26 Å². The summed E-state index contributed by atoms with van der Waals surface area (Å²) in [5.74, 6) is -0.564. The van der Waals surface area contributed by atoms with E-state index in [-0.39, 0.29) is 5.92 Å². The lowest BCUT2D eigenvalue weighted by Gasteiger charge is -2.38. The molecule has 0 aromatic heterocycles. The smallest absolute Gasteiger partial charge is 0.271 e. The van der Waals surface area contributed by atoms with Crippen LogP contribution in [0.2, 0.25) is 0 Å². The van der Waals surface area contributed by atoms with Gasteiger partial charge in [-0.05, 0) is 18.8 Å². The minimum Gasteiger partial charge on any atom is -0.271 e. The highest BCUT2D eigenvalue weighted by Crippen LogP contribution is 2.45. The number of hydrogen-bond donors (Lipinski definition) is 1. The molecule has 1 N–H and O–H groups in total.